The number of fused-ring (bicyclic) bond motifs is 5. The molecule has 28 heavy (non-hydrogen) atoms. The minimum Gasteiger partial charge on any atom is -0.450 e. The number of nitrogens with zero attached hydrogens (tertiary/aromatic N) is 2. The Balaban J connectivity index is 0.000000706. The van der Waals surface area contributed by atoms with E-state index in [0.29, 0.717) is 13.1 Å². The van der Waals surface area contributed by atoms with E-state index in [1.54, 1.807) is 0 Å². The molecule has 3 heterocycles. The molecule has 0 fully saturated rings. The first-order valence-electron chi connectivity index (χ1n) is 9.51. The number of pyridine rings is 1. The average Bonchev–Trinajstić information content (AvgIpc) is 2.82. The molecule has 1 aromatic heterocycles. The van der Waals surface area contributed by atoms with Crippen molar-refractivity contribution in [3.05, 3.63) is 58.8 Å². The van der Waals surface area contributed by atoms with Gasteiger partial charge in [0.05, 0.1) is 11.2 Å². The molecule has 0 radical (unpaired) electrons. The summed E-state index contributed by atoms with van der Waals surface area (Å²) in [5.74, 6) is 0. The van der Waals surface area contributed by atoms with E-state index in [-0.39, 0.29) is 6.61 Å². The second-order valence-corrected chi connectivity index (χ2v) is 7.12. The van der Waals surface area contributed by atoms with Gasteiger partial charge in [0.2, 0.25) is 0 Å². The predicted octanol–water partition coefficient (Wildman–Crippen LogP) is 4.37. The second kappa shape index (κ2) is 8.54. The molecule has 2 N–H and O–H groups in total. The molecule has 148 valence electrons. The van der Waals surface area contributed by atoms with Crippen LogP contribution in [0.4, 0.5) is 4.79 Å². The van der Waals surface area contributed by atoms with Gasteiger partial charge in [0.1, 0.15) is 12.8 Å². The van der Waals surface area contributed by atoms with Crippen LogP contribution < -0.4 is 0 Å². The van der Waals surface area contributed by atoms with Crippen molar-refractivity contribution in [1.82, 2.24) is 9.88 Å². The zero-order valence-electron chi connectivity index (χ0n) is 16.5. The summed E-state index contributed by atoms with van der Waals surface area (Å²) in [4.78, 5) is 17.4. The van der Waals surface area contributed by atoms with Gasteiger partial charge in [0.25, 0.3) is 0 Å². The monoisotopic (exact) mass is 382 g/mol. The highest BCUT2D eigenvalue weighted by Crippen LogP contribution is 2.37. The Labute approximate surface area is 164 Å². The van der Waals surface area contributed by atoms with Crippen molar-refractivity contribution in [3.8, 4) is 0 Å². The van der Waals surface area contributed by atoms with Crippen LogP contribution in [0.3, 0.4) is 0 Å². The van der Waals surface area contributed by atoms with Crippen molar-refractivity contribution < 1.29 is 19.7 Å². The van der Waals surface area contributed by atoms with Gasteiger partial charge in [-0.1, -0.05) is 44.5 Å². The Hall–Kier alpha value is -2.70. The molecule has 2 unspecified atom stereocenters. The molecule has 0 amide bonds. The first-order valence-corrected chi connectivity index (χ1v) is 9.51. The summed E-state index contributed by atoms with van der Waals surface area (Å²) in [6.07, 6.45) is 1.19. The number of allylic oxidation sites excluding steroid dienone is 2. The van der Waals surface area contributed by atoms with Crippen LogP contribution in [0, 0.1) is 0 Å². The van der Waals surface area contributed by atoms with Gasteiger partial charge >= 0.3 is 6.16 Å². The third-order valence-corrected chi connectivity index (χ3v) is 4.77. The zero-order chi connectivity index (χ0) is 20.3. The number of carboxylic acid groups (broad SMARTS) is 1. The van der Waals surface area contributed by atoms with Crippen molar-refractivity contribution in [2.75, 3.05) is 19.7 Å². The smallest absolute Gasteiger partial charge is 0.450 e. The topological polar surface area (TPSA) is 82.9 Å². The summed E-state index contributed by atoms with van der Waals surface area (Å²) < 4.78 is 4.74. The Morgan fingerprint density at radius 1 is 1.29 bits per heavy atom. The van der Waals surface area contributed by atoms with Crippen LogP contribution in [-0.2, 0) is 4.74 Å². The van der Waals surface area contributed by atoms with Gasteiger partial charge in [0, 0.05) is 24.0 Å². The summed E-state index contributed by atoms with van der Waals surface area (Å²) in [7, 11) is 0. The summed E-state index contributed by atoms with van der Waals surface area (Å²) in [5.41, 5.74) is 5.30. The van der Waals surface area contributed by atoms with Crippen LogP contribution in [0.2, 0.25) is 0 Å². The predicted molar refractivity (Wildman–Crippen MR) is 109 cm³/mol. The third kappa shape index (κ3) is 4.08. The lowest BCUT2D eigenvalue weighted by molar-refractivity contribution is 0.0111. The number of aliphatic hydroxyl groups excluding tert-OH is 1. The third-order valence-electron chi connectivity index (χ3n) is 4.77. The molecule has 1 aromatic carbocycles. The fraction of sp³-hybridized carbons (Fsp3) is 0.364. The van der Waals surface area contributed by atoms with E-state index in [9.17, 15) is 9.90 Å². The molecule has 4 rings (SSSR count). The SMILES string of the molecule is CC1=C(COC(=O)O)CN2CC(=C1)c1nc3ccccc3cc1C2O.CCC. The maximum absolute atomic E-state index is 10.8. The van der Waals surface area contributed by atoms with Gasteiger partial charge in [-0.25, -0.2) is 9.78 Å². The molecule has 2 bridgehead atoms. The Morgan fingerprint density at radius 2 is 2.00 bits per heavy atom. The molecule has 0 aliphatic carbocycles. The fourth-order valence-electron chi connectivity index (χ4n) is 3.46. The van der Waals surface area contributed by atoms with E-state index in [0.717, 1.165) is 38.9 Å². The van der Waals surface area contributed by atoms with E-state index in [1.807, 2.05) is 48.2 Å². The molecule has 2 atom stereocenters. The molecule has 6 nitrogen and oxygen atoms in total. The standard InChI is InChI=1S/C19H18N2O4.C3H8/c1-11-6-13-8-21(9-14(11)10-25-19(23)24)18(22)15-7-12-4-2-3-5-16(12)20-17(13)15;1-3-2/h2-7,18,22H,8-10H2,1H3,(H,23,24);3H2,1-2H3. The van der Waals surface area contributed by atoms with E-state index in [2.05, 4.69) is 13.8 Å². The van der Waals surface area contributed by atoms with Crippen molar-refractivity contribution in [1.29, 1.82) is 0 Å². The maximum Gasteiger partial charge on any atom is 0.506 e. The Morgan fingerprint density at radius 3 is 2.71 bits per heavy atom. The van der Waals surface area contributed by atoms with Crippen LogP contribution in [0.1, 0.15) is 44.7 Å². The summed E-state index contributed by atoms with van der Waals surface area (Å²) in [5, 5.41) is 20.6. The zero-order valence-corrected chi connectivity index (χ0v) is 16.5. The highest BCUT2D eigenvalue weighted by atomic mass is 16.7. The van der Waals surface area contributed by atoms with Crippen molar-refractivity contribution in [2.45, 2.75) is 33.4 Å². The van der Waals surface area contributed by atoms with Crippen LogP contribution in [0.25, 0.3) is 16.5 Å². The lowest BCUT2D eigenvalue weighted by atomic mass is 9.96. The maximum atomic E-state index is 10.8. The molecule has 2 aromatic rings. The van der Waals surface area contributed by atoms with Gasteiger partial charge in [-0.2, -0.15) is 0 Å². The number of hydrogen-bond acceptors (Lipinski definition) is 5. The van der Waals surface area contributed by atoms with Crippen molar-refractivity contribution in [3.63, 3.8) is 0 Å². The number of aliphatic hydroxyl groups is 1. The molecule has 0 saturated carbocycles. The molecule has 0 spiro atoms. The number of ether oxygens (including phenoxy) is 1. The van der Waals surface area contributed by atoms with Gasteiger partial charge in [-0.05, 0) is 35.8 Å². The van der Waals surface area contributed by atoms with Crippen LogP contribution in [-0.4, -0.2) is 45.9 Å². The number of rotatable bonds is 2. The van der Waals surface area contributed by atoms with Crippen LogP contribution in [0.5, 0.6) is 0 Å². The summed E-state index contributed by atoms with van der Waals surface area (Å²) >= 11 is 0. The molecule has 6 heteroatoms. The van der Waals surface area contributed by atoms with Crippen molar-refractivity contribution >= 4 is 22.6 Å². The van der Waals surface area contributed by atoms with E-state index < -0.39 is 12.4 Å². The largest absolute Gasteiger partial charge is 0.506 e. The second-order valence-electron chi connectivity index (χ2n) is 7.12. The van der Waals surface area contributed by atoms with Gasteiger partial charge in [-0.15, -0.1) is 0 Å². The molecule has 2 aliphatic rings. The lowest BCUT2D eigenvalue weighted by Crippen LogP contribution is -2.36. The highest BCUT2D eigenvalue weighted by molar-refractivity contribution is 5.84. The fourth-order valence-corrected chi connectivity index (χ4v) is 3.46. The van der Waals surface area contributed by atoms with Gasteiger partial charge < -0.3 is 14.9 Å². The quantitative estimate of drug-likeness (QED) is 0.751. The van der Waals surface area contributed by atoms with E-state index in [4.69, 9.17) is 14.8 Å². The average molecular weight is 382 g/mol. The first-order chi connectivity index (χ1) is 13.4. The van der Waals surface area contributed by atoms with Crippen molar-refractivity contribution in [2.24, 2.45) is 0 Å². The Bertz CT molecular complexity index is 949. The minimum absolute atomic E-state index is 0.0000833. The van der Waals surface area contributed by atoms with E-state index >= 15 is 0 Å². The minimum atomic E-state index is -1.30. The number of para-hydroxylation sites is 1. The van der Waals surface area contributed by atoms with Gasteiger partial charge in [0.15, 0.2) is 0 Å². The summed E-state index contributed by atoms with van der Waals surface area (Å²) in [6, 6.07) is 9.82. The van der Waals surface area contributed by atoms with E-state index in [1.165, 1.54) is 6.42 Å². The number of benzene rings is 1. The molecular weight excluding hydrogens is 356 g/mol. The Kier molecular flexibility index (Phi) is 6.11. The van der Waals surface area contributed by atoms with Crippen LogP contribution in [0.15, 0.2) is 47.6 Å². The molecule has 0 saturated heterocycles. The number of carbonyl (C=O) groups is 1. The van der Waals surface area contributed by atoms with Gasteiger partial charge in [-0.3, -0.25) is 4.90 Å². The first kappa shape index (κ1) is 20.0. The lowest BCUT2D eigenvalue weighted by Gasteiger charge is -2.34. The molecular formula is C22H26N2O4. The highest BCUT2D eigenvalue weighted by Gasteiger charge is 2.32. The number of hydrogen-bond donors (Lipinski definition) is 2. The summed E-state index contributed by atoms with van der Waals surface area (Å²) in [6.45, 7) is 7.20. The normalized spacial score (nSPS) is 20.5. The number of aromatic nitrogens is 1. The molecule has 2 aliphatic heterocycles. The van der Waals surface area contributed by atoms with Crippen LogP contribution >= 0.6 is 0 Å².